The van der Waals surface area contributed by atoms with Gasteiger partial charge in [0.25, 0.3) is 0 Å². The van der Waals surface area contributed by atoms with Crippen molar-refractivity contribution in [2.24, 2.45) is 0 Å². The average Bonchev–Trinajstić information content (AvgIpc) is 2.28. The van der Waals surface area contributed by atoms with Crippen molar-refractivity contribution >= 4 is 17.5 Å². The Morgan fingerprint density at radius 1 is 1.31 bits per heavy atom. The van der Waals surface area contributed by atoms with Gasteiger partial charge < -0.3 is 9.84 Å². The minimum Gasteiger partial charge on any atom is -0.497 e. The second kappa shape index (κ2) is 5.06. The predicted octanol–water partition coefficient (Wildman–Crippen LogP) is 0.922. The van der Waals surface area contributed by atoms with E-state index in [1.807, 2.05) is 0 Å². The van der Waals surface area contributed by atoms with Gasteiger partial charge in [-0.1, -0.05) is 12.1 Å². The smallest absolute Gasteiger partial charge is 0.372 e. The maximum absolute atomic E-state index is 11.5. The Balaban J connectivity index is 2.80. The number of aliphatic carboxylic acids is 1. The molecule has 0 radical (unpaired) electrons. The third-order valence-electron chi connectivity index (χ3n) is 1.95. The summed E-state index contributed by atoms with van der Waals surface area (Å²) in [6, 6.07) is 6.20. The zero-order chi connectivity index (χ0) is 12.1. The molecule has 16 heavy (non-hydrogen) atoms. The molecule has 0 heterocycles. The summed E-state index contributed by atoms with van der Waals surface area (Å²) in [5.41, 5.74) is 0.258. The first-order valence-corrected chi connectivity index (χ1v) is 4.48. The zero-order valence-electron chi connectivity index (χ0n) is 8.60. The quantitative estimate of drug-likeness (QED) is 0.455. The van der Waals surface area contributed by atoms with E-state index in [0.29, 0.717) is 5.75 Å². The van der Waals surface area contributed by atoms with Gasteiger partial charge in [-0.05, 0) is 12.1 Å². The van der Waals surface area contributed by atoms with Gasteiger partial charge in [0.2, 0.25) is 5.78 Å². The number of ketones is 2. The van der Waals surface area contributed by atoms with Crippen LogP contribution in [0.2, 0.25) is 0 Å². The number of carbonyl (C=O) groups excluding carboxylic acids is 2. The molecule has 1 rings (SSSR count). The van der Waals surface area contributed by atoms with Gasteiger partial charge in [-0.15, -0.1) is 0 Å². The first kappa shape index (κ1) is 11.9. The molecule has 1 aromatic rings. The van der Waals surface area contributed by atoms with Crippen LogP contribution in [-0.2, 0) is 9.59 Å². The van der Waals surface area contributed by atoms with Crippen molar-refractivity contribution in [2.45, 2.75) is 6.42 Å². The highest BCUT2D eigenvalue weighted by Crippen LogP contribution is 2.14. The summed E-state index contributed by atoms with van der Waals surface area (Å²) in [4.78, 5) is 32.6. The topological polar surface area (TPSA) is 80.7 Å². The molecule has 0 unspecified atom stereocenters. The zero-order valence-corrected chi connectivity index (χ0v) is 8.60. The van der Waals surface area contributed by atoms with Crippen LogP contribution in [0.3, 0.4) is 0 Å². The van der Waals surface area contributed by atoms with Crippen LogP contribution in [0.5, 0.6) is 5.75 Å². The molecule has 1 N–H and O–H groups in total. The monoisotopic (exact) mass is 222 g/mol. The molecule has 84 valence electrons. The summed E-state index contributed by atoms with van der Waals surface area (Å²) in [5.74, 6) is -2.77. The molecule has 5 nitrogen and oxygen atoms in total. The number of carboxylic acids is 1. The van der Waals surface area contributed by atoms with Crippen LogP contribution in [0.15, 0.2) is 24.3 Å². The number of methoxy groups -OCH3 is 1. The second-order valence-electron chi connectivity index (χ2n) is 3.06. The molecule has 0 aromatic heterocycles. The Bertz CT molecular complexity index is 436. The van der Waals surface area contributed by atoms with Gasteiger partial charge in [-0.3, -0.25) is 9.59 Å². The number of Topliss-reactive ketones (excluding diaryl/α,β-unsaturated/α-hetero) is 2. The summed E-state index contributed by atoms with van der Waals surface area (Å²) < 4.78 is 4.90. The molecular weight excluding hydrogens is 212 g/mol. The van der Waals surface area contributed by atoms with Crippen LogP contribution < -0.4 is 4.74 Å². The summed E-state index contributed by atoms with van der Waals surface area (Å²) in [7, 11) is 1.45. The van der Waals surface area contributed by atoms with E-state index < -0.39 is 24.0 Å². The highest BCUT2D eigenvalue weighted by atomic mass is 16.5. The third kappa shape index (κ3) is 2.91. The molecule has 5 heteroatoms. The van der Waals surface area contributed by atoms with Crippen molar-refractivity contribution in [3.8, 4) is 5.75 Å². The Hall–Kier alpha value is -2.17. The van der Waals surface area contributed by atoms with Crippen molar-refractivity contribution < 1.29 is 24.2 Å². The van der Waals surface area contributed by atoms with Crippen molar-refractivity contribution in [2.75, 3.05) is 7.11 Å². The van der Waals surface area contributed by atoms with Gasteiger partial charge in [0.15, 0.2) is 5.78 Å². The molecule has 0 amide bonds. The van der Waals surface area contributed by atoms with Gasteiger partial charge in [0, 0.05) is 5.56 Å². The van der Waals surface area contributed by atoms with Gasteiger partial charge in [0.05, 0.1) is 13.5 Å². The molecular formula is C11H10O5. The van der Waals surface area contributed by atoms with Gasteiger partial charge in [-0.25, -0.2) is 4.79 Å². The summed E-state index contributed by atoms with van der Waals surface area (Å²) in [6.45, 7) is 0. The van der Waals surface area contributed by atoms with E-state index in [1.54, 1.807) is 12.1 Å². The number of carbonyl (C=O) groups is 3. The third-order valence-corrected chi connectivity index (χ3v) is 1.95. The number of benzene rings is 1. The van der Waals surface area contributed by atoms with Crippen LogP contribution in [0, 0.1) is 0 Å². The Morgan fingerprint density at radius 2 is 2.00 bits per heavy atom. The molecule has 1 aromatic carbocycles. The fraction of sp³-hybridized carbons (Fsp3) is 0.182. The lowest BCUT2D eigenvalue weighted by atomic mass is 10.1. The fourth-order valence-corrected chi connectivity index (χ4v) is 1.12. The standard InChI is InChI=1S/C11H10O5/c1-16-8-4-2-3-7(5-8)9(12)6-10(13)11(14)15/h2-5H,6H2,1H3,(H,14,15). The number of rotatable bonds is 5. The lowest BCUT2D eigenvalue weighted by Crippen LogP contribution is -2.17. The van der Waals surface area contributed by atoms with Crippen LogP contribution in [0.1, 0.15) is 16.8 Å². The Kier molecular flexibility index (Phi) is 3.77. The average molecular weight is 222 g/mol. The minimum absolute atomic E-state index is 0.258. The van der Waals surface area contributed by atoms with E-state index in [0.717, 1.165) is 0 Å². The highest BCUT2D eigenvalue weighted by Gasteiger charge is 2.17. The molecule has 0 atom stereocenters. The molecule has 0 aliphatic heterocycles. The van der Waals surface area contributed by atoms with E-state index in [-0.39, 0.29) is 5.56 Å². The van der Waals surface area contributed by atoms with Crippen molar-refractivity contribution in [3.63, 3.8) is 0 Å². The number of hydrogen-bond donors (Lipinski definition) is 1. The largest absolute Gasteiger partial charge is 0.497 e. The first-order valence-electron chi connectivity index (χ1n) is 4.48. The molecule has 0 saturated heterocycles. The van der Waals surface area contributed by atoms with Crippen LogP contribution >= 0.6 is 0 Å². The molecule has 0 saturated carbocycles. The Morgan fingerprint density at radius 3 is 2.56 bits per heavy atom. The van der Waals surface area contributed by atoms with Crippen LogP contribution in [0.4, 0.5) is 0 Å². The minimum atomic E-state index is -1.60. The fourth-order valence-electron chi connectivity index (χ4n) is 1.12. The SMILES string of the molecule is COc1cccc(C(=O)CC(=O)C(=O)O)c1. The second-order valence-corrected chi connectivity index (χ2v) is 3.06. The first-order chi connectivity index (χ1) is 7.54. The molecule has 0 spiro atoms. The summed E-state index contributed by atoms with van der Waals surface area (Å²) >= 11 is 0. The van der Waals surface area contributed by atoms with Gasteiger partial charge >= 0.3 is 5.97 Å². The van der Waals surface area contributed by atoms with Crippen molar-refractivity contribution in [1.29, 1.82) is 0 Å². The highest BCUT2D eigenvalue weighted by molar-refractivity contribution is 6.37. The normalized spacial score (nSPS) is 9.56. The van der Waals surface area contributed by atoms with Crippen LogP contribution in [0.25, 0.3) is 0 Å². The van der Waals surface area contributed by atoms with E-state index >= 15 is 0 Å². The Labute approximate surface area is 91.6 Å². The summed E-state index contributed by atoms with van der Waals surface area (Å²) in [6.07, 6.45) is -0.636. The maximum atomic E-state index is 11.5. The number of carboxylic acid groups (broad SMARTS) is 1. The van der Waals surface area contributed by atoms with Crippen molar-refractivity contribution in [1.82, 2.24) is 0 Å². The molecule has 0 fully saturated rings. The predicted molar refractivity (Wildman–Crippen MR) is 54.6 cm³/mol. The van der Waals surface area contributed by atoms with E-state index in [4.69, 9.17) is 9.84 Å². The van der Waals surface area contributed by atoms with Gasteiger partial charge in [-0.2, -0.15) is 0 Å². The van der Waals surface area contributed by atoms with Crippen LogP contribution in [-0.4, -0.2) is 29.8 Å². The van der Waals surface area contributed by atoms with E-state index in [2.05, 4.69) is 0 Å². The lowest BCUT2D eigenvalue weighted by Gasteiger charge is -2.02. The van der Waals surface area contributed by atoms with Gasteiger partial charge in [0.1, 0.15) is 5.75 Å². The summed E-state index contributed by atoms with van der Waals surface area (Å²) in [5, 5.41) is 8.35. The molecule has 0 aliphatic carbocycles. The maximum Gasteiger partial charge on any atom is 0.372 e. The van der Waals surface area contributed by atoms with E-state index in [1.165, 1.54) is 19.2 Å². The van der Waals surface area contributed by atoms with E-state index in [9.17, 15) is 14.4 Å². The van der Waals surface area contributed by atoms with Crippen molar-refractivity contribution in [3.05, 3.63) is 29.8 Å². The number of ether oxygens (including phenoxy) is 1. The molecule has 0 bridgehead atoms. The molecule has 0 aliphatic rings. The lowest BCUT2D eigenvalue weighted by molar-refractivity contribution is -0.148. The number of hydrogen-bond acceptors (Lipinski definition) is 4.